The average Bonchev–Trinajstić information content (AvgIpc) is 2.82. The Morgan fingerprint density at radius 3 is 2.84 bits per heavy atom. The molecule has 0 bridgehead atoms. The summed E-state index contributed by atoms with van der Waals surface area (Å²) in [7, 11) is 0. The maximum absolute atomic E-state index is 11.8. The molecule has 0 unspecified atom stereocenters. The molecule has 1 aliphatic heterocycles. The van der Waals surface area contributed by atoms with E-state index >= 15 is 0 Å². The molecule has 1 fully saturated rings. The van der Waals surface area contributed by atoms with E-state index in [2.05, 4.69) is 15.5 Å². The number of carbonyl (C=O) groups excluding carboxylic acids is 1. The molecular formula is C13H22ClN3O2. The Bertz CT molecular complexity index is 389. The summed E-state index contributed by atoms with van der Waals surface area (Å²) in [6.45, 7) is 7.92. The van der Waals surface area contributed by atoms with Gasteiger partial charge in [0.25, 0.3) is 5.91 Å². The van der Waals surface area contributed by atoms with E-state index in [0.717, 1.165) is 39.1 Å². The summed E-state index contributed by atoms with van der Waals surface area (Å²) < 4.78 is 5.11. The molecule has 19 heavy (non-hydrogen) atoms. The molecule has 0 atom stereocenters. The van der Waals surface area contributed by atoms with Gasteiger partial charge in [0.05, 0.1) is 11.8 Å². The van der Waals surface area contributed by atoms with Gasteiger partial charge >= 0.3 is 0 Å². The molecule has 6 heteroatoms. The first-order chi connectivity index (χ1) is 8.77. The fraction of sp³-hybridized carbons (Fsp3) is 0.615. The summed E-state index contributed by atoms with van der Waals surface area (Å²) in [4.78, 5) is 14.2. The van der Waals surface area contributed by atoms with Gasteiger partial charge in [0, 0.05) is 32.7 Å². The Kier molecular flexibility index (Phi) is 6.91. The smallest absolute Gasteiger partial charge is 0.254 e. The number of hydrogen-bond donors (Lipinski definition) is 2. The Balaban J connectivity index is 0.00000180. The van der Waals surface area contributed by atoms with Crippen LogP contribution in [0.5, 0.6) is 0 Å². The van der Waals surface area contributed by atoms with E-state index in [1.54, 1.807) is 19.3 Å². The van der Waals surface area contributed by atoms with E-state index in [0.29, 0.717) is 17.9 Å². The lowest BCUT2D eigenvalue weighted by Gasteiger charge is -2.27. The Hall–Kier alpha value is -1.04. The second-order valence-electron chi connectivity index (χ2n) is 4.59. The molecule has 0 saturated carbocycles. The van der Waals surface area contributed by atoms with Crippen molar-refractivity contribution in [1.82, 2.24) is 15.5 Å². The van der Waals surface area contributed by atoms with Gasteiger partial charge in [-0.05, 0) is 26.0 Å². The molecule has 2 heterocycles. The zero-order chi connectivity index (χ0) is 12.8. The van der Waals surface area contributed by atoms with Gasteiger partial charge in [0.15, 0.2) is 0 Å². The predicted octanol–water partition coefficient (Wildman–Crippen LogP) is 1.03. The van der Waals surface area contributed by atoms with Gasteiger partial charge in [-0.3, -0.25) is 4.79 Å². The highest BCUT2D eigenvalue weighted by Gasteiger charge is 2.11. The van der Waals surface area contributed by atoms with Gasteiger partial charge in [0.2, 0.25) is 0 Å². The molecule has 0 aliphatic carbocycles. The van der Waals surface area contributed by atoms with Crippen LogP contribution in [0.25, 0.3) is 0 Å². The summed E-state index contributed by atoms with van der Waals surface area (Å²) in [6.07, 6.45) is 2.54. The van der Waals surface area contributed by atoms with Crippen molar-refractivity contribution in [2.45, 2.75) is 13.3 Å². The van der Waals surface area contributed by atoms with E-state index in [9.17, 15) is 4.79 Å². The topological polar surface area (TPSA) is 57.5 Å². The highest BCUT2D eigenvalue weighted by Crippen LogP contribution is 2.07. The van der Waals surface area contributed by atoms with Crippen molar-refractivity contribution in [2.24, 2.45) is 0 Å². The first kappa shape index (κ1) is 16.0. The summed E-state index contributed by atoms with van der Waals surface area (Å²) in [5, 5.41) is 6.25. The Morgan fingerprint density at radius 1 is 1.47 bits per heavy atom. The molecule has 1 amide bonds. The zero-order valence-corrected chi connectivity index (χ0v) is 12.1. The number of nitrogens with zero attached hydrogens (tertiary/aromatic N) is 1. The van der Waals surface area contributed by atoms with Crippen molar-refractivity contribution in [3.05, 3.63) is 23.7 Å². The van der Waals surface area contributed by atoms with Crippen LogP contribution in [0.15, 0.2) is 16.7 Å². The van der Waals surface area contributed by atoms with Gasteiger partial charge in [-0.1, -0.05) is 0 Å². The third-order valence-electron chi connectivity index (χ3n) is 3.25. The van der Waals surface area contributed by atoms with Crippen LogP contribution in [0.4, 0.5) is 0 Å². The molecule has 5 nitrogen and oxygen atoms in total. The van der Waals surface area contributed by atoms with Crippen LogP contribution < -0.4 is 10.6 Å². The highest BCUT2D eigenvalue weighted by molar-refractivity contribution is 5.94. The number of aryl methyl sites for hydroxylation is 1. The molecule has 0 radical (unpaired) electrons. The summed E-state index contributed by atoms with van der Waals surface area (Å²) in [5.41, 5.74) is 0.636. The van der Waals surface area contributed by atoms with E-state index in [-0.39, 0.29) is 18.3 Å². The lowest BCUT2D eigenvalue weighted by Crippen LogP contribution is -2.44. The third-order valence-corrected chi connectivity index (χ3v) is 3.25. The summed E-state index contributed by atoms with van der Waals surface area (Å²) in [5.74, 6) is 0.635. The minimum absolute atomic E-state index is 0. The van der Waals surface area contributed by atoms with Gasteiger partial charge in [-0.15, -0.1) is 12.4 Å². The van der Waals surface area contributed by atoms with Crippen molar-refractivity contribution < 1.29 is 9.21 Å². The summed E-state index contributed by atoms with van der Waals surface area (Å²) >= 11 is 0. The molecule has 0 aromatic carbocycles. The molecule has 1 aromatic rings. The number of amides is 1. The molecule has 0 spiro atoms. The van der Waals surface area contributed by atoms with Crippen LogP contribution in [0, 0.1) is 6.92 Å². The summed E-state index contributed by atoms with van der Waals surface area (Å²) in [6, 6.07) is 1.71. The molecule has 1 aromatic heterocycles. The van der Waals surface area contributed by atoms with Crippen LogP contribution in [0.1, 0.15) is 22.5 Å². The Labute approximate surface area is 120 Å². The van der Waals surface area contributed by atoms with Crippen LogP contribution in [-0.2, 0) is 0 Å². The minimum Gasteiger partial charge on any atom is -0.469 e. The van der Waals surface area contributed by atoms with E-state index in [1.807, 2.05) is 0 Å². The molecule has 108 valence electrons. The van der Waals surface area contributed by atoms with E-state index in [4.69, 9.17) is 4.42 Å². The van der Waals surface area contributed by atoms with Crippen LogP contribution >= 0.6 is 12.4 Å². The lowest BCUT2D eigenvalue weighted by molar-refractivity contribution is 0.0949. The fourth-order valence-electron chi connectivity index (χ4n) is 2.16. The number of furan rings is 1. The van der Waals surface area contributed by atoms with Gasteiger partial charge < -0.3 is 20.0 Å². The zero-order valence-electron chi connectivity index (χ0n) is 11.3. The normalized spacial score (nSPS) is 15.8. The Morgan fingerprint density at radius 2 is 2.21 bits per heavy atom. The molecular weight excluding hydrogens is 266 g/mol. The van der Waals surface area contributed by atoms with Crippen molar-refractivity contribution >= 4 is 18.3 Å². The predicted molar refractivity (Wildman–Crippen MR) is 77.0 cm³/mol. The molecule has 2 rings (SSSR count). The number of rotatable bonds is 5. The van der Waals surface area contributed by atoms with Crippen LogP contribution in [-0.4, -0.2) is 50.1 Å². The maximum Gasteiger partial charge on any atom is 0.254 e. The molecule has 2 N–H and O–H groups in total. The van der Waals surface area contributed by atoms with Gasteiger partial charge in [0.1, 0.15) is 5.76 Å². The van der Waals surface area contributed by atoms with Crippen molar-refractivity contribution in [1.29, 1.82) is 0 Å². The van der Waals surface area contributed by atoms with E-state index in [1.165, 1.54) is 0 Å². The minimum atomic E-state index is -0.0402. The lowest BCUT2D eigenvalue weighted by atomic mass is 10.2. The SMILES string of the molecule is Cc1occc1C(=O)NCCCN1CCNCC1.Cl. The second kappa shape index (κ2) is 8.19. The largest absolute Gasteiger partial charge is 0.469 e. The van der Waals surface area contributed by atoms with Crippen molar-refractivity contribution in [3.63, 3.8) is 0 Å². The number of hydrogen-bond acceptors (Lipinski definition) is 4. The van der Waals surface area contributed by atoms with E-state index < -0.39 is 0 Å². The first-order valence-corrected chi connectivity index (χ1v) is 6.53. The standard InChI is InChI=1S/C13H21N3O2.ClH/c1-11-12(3-10-18-11)13(17)15-4-2-7-16-8-5-14-6-9-16;/h3,10,14H,2,4-9H2,1H3,(H,15,17);1H. The monoisotopic (exact) mass is 287 g/mol. The molecule has 1 aliphatic rings. The number of nitrogens with one attached hydrogen (secondary N) is 2. The second-order valence-corrected chi connectivity index (χ2v) is 4.59. The van der Waals surface area contributed by atoms with Crippen LogP contribution in [0.3, 0.4) is 0 Å². The van der Waals surface area contributed by atoms with Gasteiger partial charge in [-0.2, -0.15) is 0 Å². The highest BCUT2D eigenvalue weighted by atomic mass is 35.5. The third kappa shape index (κ3) is 4.86. The van der Waals surface area contributed by atoms with Crippen molar-refractivity contribution in [3.8, 4) is 0 Å². The van der Waals surface area contributed by atoms with Gasteiger partial charge in [-0.25, -0.2) is 0 Å². The van der Waals surface area contributed by atoms with Crippen molar-refractivity contribution in [2.75, 3.05) is 39.3 Å². The van der Waals surface area contributed by atoms with Crippen LogP contribution in [0.2, 0.25) is 0 Å². The quantitative estimate of drug-likeness (QED) is 0.795. The fourth-order valence-corrected chi connectivity index (χ4v) is 2.16. The molecule has 1 saturated heterocycles. The average molecular weight is 288 g/mol. The number of halogens is 1. The number of piperazine rings is 1. The maximum atomic E-state index is 11.8. The number of carbonyl (C=O) groups is 1. The first-order valence-electron chi connectivity index (χ1n) is 6.53.